The molecular weight excluding hydrogens is 287 g/mol. The van der Waals surface area contributed by atoms with Crippen molar-refractivity contribution >= 4 is 11.3 Å². The summed E-state index contributed by atoms with van der Waals surface area (Å²) in [4.78, 5) is 4.55. The molecule has 3 rings (SSSR count). The average molecular weight is 302 g/mol. The first-order valence-electron chi connectivity index (χ1n) is 6.75. The predicted molar refractivity (Wildman–Crippen MR) is 81.6 cm³/mol. The first kappa shape index (κ1) is 14.0. The van der Waals surface area contributed by atoms with Gasteiger partial charge in [0.25, 0.3) is 0 Å². The minimum Gasteiger partial charge on any atom is -0.469 e. The molecule has 5 heteroatoms. The van der Waals surface area contributed by atoms with Crippen molar-refractivity contribution in [2.75, 3.05) is 6.54 Å². The van der Waals surface area contributed by atoms with Crippen LogP contribution in [0.3, 0.4) is 0 Å². The summed E-state index contributed by atoms with van der Waals surface area (Å²) in [5.74, 6) is 0.753. The molecule has 0 amide bonds. The zero-order valence-corrected chi connectivity index (χ0v) is 12.2. The van der Waals surface area contributed by atoms with Crippen LogP contribution < -0.4 is 5.32 Å². The van der Waals surface area contributed by atoms with Crippen molar-refractivity contribution < 1.29 is 8.81 Å². The minimum absolute atomic E-state index is 0.227. The lowest BCUT2D eigenvalue weighted by atomic mass is 10.2. The maximum atomic E-state index is 12.9. The molecule has 0 atom stereocenters. The van der Waals surface area contributed by atoms with E-state index in [1.165, 1.54) is 12.1 Å². The van der Waals surface area contributed by atoms with Crippen molar-refractivity contribution in [3.05, 3.63) is 65.3 Å². The number of nitrogens with one attached hydrogen (secondary N) is 1. The average Bonchev–Trinajstić information content (AvgIpc) is 3.16. The van der Waals surface area contributed by atoms with E-state index in [1.807, 2.05) is 17.5 Å². The van der Waals surface area contributed by atoms with Gasteiger partial charge < -0.3 is 9.73 Å². The second-order valence-corrected chi connectivity index (χ2v) is 5.52. The van der Waals surface area contributed by atoms with E-state index in [1.54, 1.807) is 29.7 Å². The number of furan rings is 1. The molecule has 0 unspecified atom stereocenters. The first-order valence-corrected chi connectivity index (χ1v) is 7.63. The number of nitrogens with zero attached hydrogens (tertiary/aromatic N) is 1. The summed E-state index contributed by atoms with van der Waals surface area (Å²) < 4.78 is 18.2. The largest absolute Gasteiger partial charge is 0.469 e. The molecule has 0 saturated carbocycles. The summed E-state index contributed by atoms with van der Waals surface area (Å²) in [5, 5.41) is 6.28. The van der Waals surface area contributed by atoms with E-state index in [2.05, 4.69) is 10.3 Å². The van der Waals surface area contributed by atoms with E-state index in [0.717, 1.165) is 41.5 Å². The Kier molecular flexibility index (Phi) is 4.43. The fourth-order valence-corrected chi connectivity index (χ4v) is 2.82. The fourth-order valence-electron chi connectivity index (χ4n) is 2.00. The molecule has 0 aliphatic heterocycles. The number of hydrogen-bond acceptors (Lipinski definition) is 4. The molecule has 3 nitrogen and oxygen atoms in total. The van der Waals surface area contributed by atoms with Crippen LogP contribution >= 0.6 is 11.3 Å². The predicted octanol–water partition coefficient (Wildman–Crippen LogP) is 3.87. The standard InChI is InChI=1S/C16H15FN2OS/c17-13-5-3-12(4-6-13)16-19-14(11-21-16)10-18-8-7-15-2-1-9-20-15/h1-6,9,11,18H,7-8,10H2. The second kappa shape index (κ2) is 6.65. The van der Waals surface area contributed by atoms with Gasteiger partial charge in [-0.2, -0.15) is 0 Å². The number of thiazole rings is 1. The molecule has 1 N–H and O–H groups in total. The highest BCUT2D eigenvalue weighted by Crippen LogP contribution is 2.23. The lowest BCUT2D eigenvalue weighted by Gasteiger charge is -2.00. The van der Waals surface area contributed by atoms with Gasteiger partial charge in [-0.15, -0.1) is 11.3 Å². The Hall–Kier alpha value is -1.98. The Morgan fingerprint density at radius 3 is 2.81 bits per heavy atom. The van der Waals surface area contributed by atoms with E-state index < -0.39 is 0 Å². The minimum atomic E-state index is -0.227. The van der Waals surface area contributed by atoms with Gasteiger partial charge in [0.05, 0.1) is 12.0 Å². The number of halogens is 1. The number of hydrogen-bond donors (Lipinski definition) is 1. The zero-order valence-electron chi connectivity index (χ0n) is 11.4. The Balaban J connectivity index is 1.52. The van der Waals surface area contributed by atoms with Gasteiger partial charge in [0, 0.05) is 30.5 Å². The Bertz CT molecular complexity index is 677. The molecule has 2 heterocycles. The van der Waals surface area contributed by atoms with Gasteiger partial charge in [-0.05, 0) is 36.4 Å². The Labute approximate surface area is 126 Å². The molecule has 108 valence electrons. The molecule has 3 aromatic rings. The van der Waals surface area contributed by atoms with Crippen molar-refractivity contribution in [3.63, 3.8) is 0 Å². The van der Waals surface area contributed by atoms with Crippen LogP contribution in [0, 0.1) is 5.82 Å². The molecule has 0 saturated heterocycles. The smallest absolute Gasteiger partial charge is 0.123 e. The summed E-state index contributed by atoms with van der Waals surface area (Å²) in [7, 11) is 0. The molecule has 1 aromatic carbocycles. The molecular formula is C16H15FN2OS. The second-order valence-electron chi connectivity index (χ2n) is 4.66. The van der Waals surface area contributed by atoms with Crippen LogP contribution in [-0.4, -0.2) is 11.5 Å². The van der Waals surface area contributed by atoms with Gasteiger partial charge in [-0.25, -0.2) is 9.37 Å². The first-order chi connectivity index (χ1) is 10.3. The van der Waals surface area contributed by atoms with Gasteiger partial charge in [-0.3, -0.25) is 0 Å². The topological polar surface area (TPSA) is 38.1 Å². The Morgan fingerprint density at radius 1 is 1.19 bits per heavy atom. The van der Waals surface area contributed by atoms with Crippen LogP contribution in [0.4, 0.5) is 4.39 Å². The monoisotopic (exact) mass is 302 g/mol. The molecule has 0 bridgehead atoms. The third-order valence-corrected chi connectivity index (χ3v) is 4.02. The number of rotatable bonds is 6. The third-order valence-electron chi connectivity index (χ3n) is 3.08. The number of benzene rings is 1. The van der Waals surface area contributed by atoms with E-state index in [9.17, 15) is 4.39 Å². The van der Waals surface area contributed by atoms with Crippen LogP contribution in [-0.2, 0) is 13.0 Å². The van der Waals surface area contributed by atoms with Gasteiger partial charge in [0.1, 0.15) is 16.6 Å². The van der Waals surface area contributed by atoms with E-state index in [0.29, 0.717) is 0 Å². The molecule has 0 fully saturated rings. The quantitative estimate of drug-likeness (QED) is 0.702. The molecule has 2 aromatic heterocycles. The lowest BCUT2D eigenvalue weighted by molar-refractivity contribution is 0.498. The van der Waals surface area contributed by atoms with Gasteiger partial charge in [0.2, 0.25) is 0 Å². The van der Waals surface area contributed by atoms with Crippen LogP contribution in [0.1, 0.15) is 11.5 Å². The summed E-state index contributed by atoms with van der Waals surface area (Å²) in [6.07, 6.45) is 2.55. The molecule has 0 aliphatic rings. The normalized spacial score (nSPS) is 10.9. The maximum absolute atomic E-state index is 12.9. The van der Waals surface area contributed by atoms with Gasteiger partial charge in [0.15, 0.2) is 0 Å². The van der Waals surface area contributed by atoms with Crippen LogP contribution in [0.2, 0.25) is 0 Å². The van der Waals surface area contributed by atoms with Crippen molar-refractivity contribution in [1.29, 1.82) is 0 Å². The summed E-state index contributed by atoms with van der Waals surface area (Å²) in [5.41, 5.74) is 1.95. The highest BCUT2D eigenvalue weighted by Gasteiger charge is 2.05. The van der Waals surface area contributed by atoms with E-state index in [-0.39, 0.29) is 5.82 Å². The van der Waals surface area contributed by atoms with Crippen LogP contribution in [0.15, 0.2) is 52.5 Å². The van der Waals surface area contributed by atoms with Crippen molar-refractivity contribution in [2.24, 2.45) is 0 Å². The fraction of sp³-hybridized carbons (Fsp3) is 0.188. The van der Waals surface area contributed by atoms with Crippen LogP contribution in [0.25, 0.3) is 10.6 Å². The Morgan fingerprint density at radius 2 is 2.05 bits per heavy atom. The maximum Gasteiger partial charge on any atom is 0.123 e. The molecule has 0 radical (unpaired) electrons. The van der Waals surface area contributed by atoms with Gasteiger partial charge in [-0.1, -0.05) is 0 Å². The molecule has 21 heavy (non-hydrogen) atoms. The third kappa shape index (κ3) is 3.77. The van der Waals surface area contributed by atoms with Gasteiger partial charge >= 0.3 is 0 Å². The number of aromatic nitrogens is 1. The summed E-state index contributed by atoms with van der Waals surface area (Å²) in [6, 6.07) is 10.3. The SMILES string of the molecule is Fc1ccc(-c2nc(CNCCc3ccco3)cs2)cc1. The zero-order chi connectivity index (χ0) is 14.5. The van der Waals surface area contributed by atoms with E-state index >= 15 is 0 Å². The van der Waals surface area contributed by atoms with Crippen molar-refractivity contribution in [2.45, 2.75) is 13.0 Å². The molecule has 0 spiro atoms. The molecule has 0 aliphatic carbocycles. The summed E-state index contributed by atoms with van der Waals surface area (Å²) >= 11 is 1.57. The van der Waals surface area contributed by atoms with Crippen molar-refractivity contribution in [3.8, 4) is 10.6 Å². The van der Waals surface area contributed by atoms with Crippen molar-refractivity contribution in [1.82, 2.24) is 10.3 Å². The highest BCUT2D eigenvalue weighted by atomic mass is 32.1. The van der Waals surface area contributed by atoms with Crippen LogP contribution in [0.5, 0.6) is 0 Å². The lowest BCUT2D eigenvalue weighted by Crippen LogP contribution is -2.16. The highest BCUT2D eigenvalue weighted by molar-refractivity contribution is 7.13. The summed E-state index contributed by atoms with van der Waals surface area (Å²) in [6.45, 7) is 1.56. The van der Waals surface area contributed by atoms with E-state index in [4.69, 9.17) is 4.42 Å².